The van der Waals surface area contributed by atoms with Crippen LogP contribution in [0.2, 0.25) is 0 Å². The Kier molecular flexibility index (Phi) is 8.13. The molecule has 9 nitrogen and oxygen atoms in total. The predicted octanol–water partition coefficient (Wildman–Crippen LogP) is 1.40. The van der Waals surface area contributed by atoms with Crippen molar-refractivity contribution < 1.29 is 27.5 Å². The molecule has 0 aliphatic carbocycles. The predicted molar refractivity (Wildman–Crippen MR) is 103 cm³/mol. The summed E-state index contributed by atoms with van der Waals surface area (Å²) in [5.41, 5.74) is -0.724. The van der Waals surface area contributed by atoms with Crippen molar-refractivity contribution in [1.29, 1.82) is 0 Å². The number of urea groups is 1. The minimum absolute atomic E-state index is 0.0335. The Morgan fingerprint density at radius 2 is 1.79 bits per heavy atom. The van der Waals surface area contributed by atoms with Crippen molar-refractivity contribution in [2.45, 2.75) is 45.1 Å². The lowest BCUT2D eigenvalue weighted by atomic mass is 10.1. The molecule has 1 aromatic rings. The number of benzene rings is 1. The van der Waals surface area contributed by atoms with E-state index in [0.717, 1.165) is 6.07 Å². The molecule has 0 fully saturated rings. The molecule has 0 aliphatic rings. The molecule has 0 bridgehead atoms. The third-order valence-electron chi connectivity index (χ3n) is 3.08. The average molecular weight is 413 g/mol. The Morgan fingerprint density at radius 3 is 2.36 bits per heavy atom. The molecule has 0 saturated heterocycles. The summed E-state index contributed by atoms with van der Waals surface area (Å²) in [6.07, 6.45) is 0. The van der Waals surface area contributed by atoms with Gasteiger partial charge in [-0.15, -0.1) is 0 Å². The second-order valence-corrected chi connectivity index (χ2v) is 9.29. The highest BCUT2D eigenvalue weighted by molar-refractivity contribution is 7.89. The smallest absolute Gasteiger partial charge is 0.338 e. The largest absolute Gasteiger partial charge is 0.452 e. The van der Waals surface area contributed by atoms with E-state index in [2.05, 4.69) is 10.0 Å². The number of carbonyl (C=O) groups excluding carboxylic acids is 3. The number of hydrogen-bond donors (Lipinski definition) is 3. The van der Waals surface area contributed by atoms with E-state index < -0.39 is 40.1 Å². The van der Waals surface area contributed by atoms with Gasteiger partial charge in [0.05, 0.1) is 10.5 Å². The van der Waals surface area contributed by atoms with Crippen LogP contribution in [-0.2, 0) is 19.6 Å². The highest BCUT2D eigenvalue weighted by atomic mass is 32.2. The minimum atomic E-state index is -3.82. The van der Waals surface area contributed by atoms with Crippen molar-refractivity contribution in [1.82, 2.24) is 15.4 Å². The lowest BCUT2D eigenvalue weighted by Crippen LogP contribution is -2.42. The molecular weight excluding hydrogens is 386 g/mol. The normalized spacial score (nSPS) is 11.8. The maximum Gasteiger partial charge on any atom is 0.338 e. The van der Waals surface area contributed by atoms with Crippen molar-refractivity contribution in [2.24, 2.45) is 5.92 Å². The van der Waals surface area contributed by atoms with Crippen LogP contribution in [0, 0.1) is 5.92 Å². The van der Waals surface area contributed by atoms with E-state index in [9.17, 15) is 22.8 Å². The van der Waals surface area contributed by atoms with Crippen LogP contribution in [0.15, 0.2) is 29.2 Å². The second-order valence-electron chi connectivity index (χ2n) is 7.61. The van der Waals surface area contributed by atoms with Gasteiger partial charge in [0.1, 0.15) is 0 Å². The molecule has 0 aromatic heterocycles. The van der Waals surface area contributed by atoms with Crippen LogP contribution < -0.4 is 15.4 Å². The number of nitrogens with one attached hydrogen (secondary N) is 3. The van der Waals surface area contributed by atoms with Crippen molar-refractivity contribution >= 4 is 27.9 Å². The van der Waals surface area contributed by atoms with Crippen LogP contribution in [0.3, 0.4) is 0 Å². The summed E-state index contributed by atoms with van der Waals surface area (Å²) in [6, 6.07) is 4.58. The molecule has 10 heteroatoms. The highest BCUT2D eigenvalue weighted by Gasteiger charge is 2.23. The zero-order chi connectivity index (χ0) is 21.5. The first-order valence-corrected chi connectivity index (χ1v) is 10.2. The van der Waals surface area contributed by atoms with Gasteiger partial charge >= 0.3 is 12.0 Å². The van der Waals surface area contributed by atoms with Crippen LogP contribution in [-0.4, -0.2) is 45.0 Å². The van der Waals surface area contributed by atoms with Crippen molar-refractivity contribution in [3.05, 3.63) is 29.8 Å². The van der Waals surface area contributed by atoms with Crippen LogP contribution in [0.4, 0.5) is 4.79 Å². The fourth-order valence-corrected chi connectivity index (χ4v) is 3.43. The monoisotopic (exact) mass is 413 g/mol. The quantitative estimate of drug-likeness (QED) is 0.579. The molecule has 28 heavy (non-hydrogen) atoms. The summed E-state index contributed by atoms with van der Waals surface area (Å²) in [5, 5.41) is 4.52. The molecule has 0 radical (unpaired) electrons. The number of ether oxygens (including phenoxy) is 1. The van der Waals surface area contributed by atoms with E-state index in [-0.39, 0.29) is 16.4 Å². The van der Waals surface area contributed by atoms with Crippen LogP contribution in [0.5, 0.6) is 0 Å². The number of hydrogen-bond acceptors (Lipinski definition) is 6. The van der Waals surface area contributed by atoms with Gasteiger partial charge in [-0.1, -0.05) is 19.9 Å². The number of sulfonamides is 1. The van der Waals surface area contributed by atoms with Gasteiger partial charge in [-0.25, -0.2) is 22.7 Å². The fraction of sp³-hybridized carbons (Fsp3) is 0.500. The molecule has 0 spiro atoms. The Labute approximate surface area is 165 Å². The number of rotatable bonds is 7. The summed E-state index contributed by atoms with van der Waals surface area (Å²) in [5.74, 6) is -1.46. The summed E-state index contributed by atoms with van der Waals surface area (Å²) in [4.78, 5) is 35.1. The Balaban J connectivity index is 2.69. The van der Waals surface area contributed by atoms with Crippen LogP contribution in [0.25, 0.3) is 0 Å². The van der Waals surface area contributed by atoms with Gasteiger partial charge in [-0.2, -0.15) is 0 Å². The number of amides is 3. The number of carbonyl (C=O) groups is 3. The maximum absolute atomic E-state index is 12.3. The molecule has 0 saturated carbocycles. The SMILES string of the molecule is CC(C)CNC(=O)NC(=O)COC(=O)c1cccc(S(=O)(=O)NC(C)(C)C)c1. The number of esters is 1. The summed E-state index contributed by atoms with van der Waals surface area (Å²) in [7, 11) is -3.82. The lowest BCUT2D eigenvalue weighted by Gasteiger charge is -2.20. The molecule has 156 valence electrons. The molecule has 0 heterocycles. The van der Waals surface area contributed by atoms with Crippen molar-refractivity contribution in [3.8, 4) is 0 Å². The van der Waals surface area contributed by atoms with Gasteiger partial charge in [0.25, 0.3) is 5.91 Å². The van der Waals surface area contributed by atoms with E-state index in [0.29, 0.717) is 6.54 Å². The zero-order valence-corrected chi connectivity index (χ0v) is 17.5. The summed E-state index contributed by atoms with van der Waals surface area (Å²) >= 11 is 0. The molecule has 0 atom stereocenters. The Morgan fingerprint density at radius 1 is 1.14 bits per heavy atom. The lowest BCUT2D eigenvalue weighted by molar-refractivity contribution is -0.123. The third-order valence-corrected chi connectivity index (χ3v) is 4.83. The summed E-state index contributed by atoms with van der Waals surface area (Å²) < 4.78 is 32.0. The van der Waals surface area contributed by atoms with E-state index >= 15 is 0 Å². The molecule has 0 aliphatic heterocycles. The molecule has 1 aromatic carbocycles. The van der Waals surface area contributed by atoms with Gasteiger partial charge in [0.2, 0.25) is 10.0 Å². The average Bonchev–Trinajstić information content (AvgIpc) is 2.56. The van der Waals surface area contributed by atoms with E-state index in [1.54, 1.807) is 20.8 Å². The van der Waals surface area contributed by atoms with Gasteiger partial charge in [0, 0.05) is 12.1 Å². The standard InChI is InChI=1S/C18H27N3O6S/c1-12(2)10-19-17(24)20-15(22)11-27-16(23)13-7-6-8-14(9-13)28(25,26)21-18(3,4)5/h6-9,12,21H,10-11H2,1-5H3,(H2,19,20,22,24). The van der Waals surface area contributed by atoms with Gasteiger partial charge in [-0.05, 0) is 44.9 Å². The Bertz CT molecular complexity index is 828. The van der Waals surface area contributed by atoms with E-state index in [1.165, 1.54) is 18.2 Å². The Hall–Kier alpha value is -2.46. The van der Waals surface area contributed by atoms with Crippen molar-refractivity contribution in [3.63, 3.8) is 0 Å². The maximum atomic E-state index is 12.3. The molecular formula is C18H27N3O6S. The topological polar surface area (TPSA) is 131 Å². The van der Waals surface area contributed by atoms with Gasteiger partial charge in [-0.3, -0.25) is 10.1 Å². The van der Waals surface area contributed by atoms with Crippen LogP contribution >= 0.6 is 0 Å². The first kappa shape index (κ1) is 23.6. The van der Waals surface area contributed by atoms with Gasteiger partial charge < -0.3 is 10.1 Å². The highest BCUT2D eigenvalue weighted by Crippen LogP contribution is 2.15. The summed E-state index contributed by atoms with van der Waals surface area (Å²) in [6.45, 7) is 8.59. The minimum Gasteiger partial charge on any atom is -0.452 e. The van der Waals surface area contributed by atoms with Crippen LogP contribution in [0.1, 0.15) is 45.0 Å². The van der Waals surface area contributed by atoms with E-state index in [4.69, 9.17) is 4.74 Å². The van der Waals surface area contributed by atoms with E-state index in [1.807, 2.05) is 19.2 Å². The van der Waals surface area contributed by atoms with Gasteiger partial charge in [0.15, 0.2) is 6.61 Å². The zero-order valence-electron chi connectivity index (χ0n) is 16.7. The molecule has 3 N–H and O–H groups in total. The first-order valence-electron chi connectivity index (χ1n) is 8.69. The van der Waals surface area contributed by atoms with Crippen molar-refractivity contribution in [2.75, 3.05) is 13.2 Å². The molecule has 1 rings (SSSR count). The molecule has 3 amide bonds. The molecule has 0 unspecified atom stereocenters. The first-order chi connectivity index (χ1) is 12.8. The number of imide groups is 1. The second kappa shape index (κ2) is 9.65. The fourth-order valence-electron chi connectivity index (χ4n) is 1.97. The third kappa shape index (κ3) is 8.49.